The molecule has 2 aromatic rings. The Bertz CT molecular complexity index is 789. The van der Waals surface area contributed by atoms with Gasteiger partial charge in [-0.25, -0.2) is 4.39 Å². The molecule has 1 aliphatic rings. The molecule has 1 fully saturated rings. The van der Waals surface area contributed by atoms with Gasteiger partial charge in [0, 0.05) is 25.7 Å². The van der Waals surface area contributed by atoms with Crippen molar-refractivity contribution < 1.29 is 14.0 Å². The second-order valence-electron chi connectivity index (χ2n) is 6.40. The lowest BCUT2D eigenvalue weighted by molar-refractivity contribution is -0.131. The van der Waals surface area contributed by atoms with E-state index in [9.17, 15) is 14.0 Å². The molecule has 1 heterocycles. The van der Waals surface area contributed by atoms with E-state index in [1.165, 1.54) is 19.1 Å². The van der Waals surface area contributed by atoms with E-state index in [4.69, 9.17) is 0 Å². The molecule has 26 heavy (non-hydrogen) atoms. The van der Waals surface area contributed by atoms with Crippen LogP contribution in [0.4, 0.5) is 15.8 Å². The highest BCUT2D eigenvalue weighted by atomic mass is 19.1. The van der Waals surface area contributed by atoms with Crippen molar-refractivity contribution in [2.75, 3.05) is 23.7 Å². The number of benzene rings is 2. The Morgan fingerprint density at radius 3 is 2.42 bits per heavy atom. The van der Waals surface area contributed by atoms with E-state index < -0.39 is 11.9 Å². The lowest BCUT2D eigenvalue weighted by Gasteiger charge is -2.25. The summed E-state index contributed by atoms with van der Waals surface area (Å²) in [6.07, 6.45) is 2.02. The number of hydrogen-bond donors (Lipinski definition) is 2. The minimum Gasteiger partial charge on any atom is -0.370 e. The highest BCUT2D eigenvalue weighted by Crippen LogP contribution is 2.26. The van der Waals surface area contributed by atoms with Gasteiger partial charge in [-0.3, -0.25) is 9.59 Å². The number of carbonyl (C=O) groups excluding carboxylic acids is 2. The maximum absolute atomic E-state index is 13.9. The van der Waals surface area contributed by atoms with Gasteiger partial charge in [0.2, 0.25) is 11.8 Å². The molecule has 0 aromatic heterocycles. The molecule has 0 saturated carbocycles. The third-order valence-corrected chi connectivity index (χ3v) is 4.39. The van der Waals surface area contributed by atoms with Gasteiger partial charge in [-0.1, -0.05) is 30.3 Å². The van der Waals surface area contributed by atoms with Crippen molar-refractivity contribution in [2.24, 2.45) is 0 Å². The van der Waals surface area contributed by atoms with Crippen LogP contribution in [0.5, 0.6) is 0 Å². The fourth-order valence-electron chi connectivity index (χ4n) is 3.12. The Hall–Kier alpha value is -2.89. The van der Waals surface area contributed by atoms with E-state index >= 15 is 0 Å². The third-order valence-electron chi connectivity index (χ3n) is 4.39. The first-order valence-electron chi connectivity index (χ1n) is 8.72. The summed E-state index contributed by atoms with van der Waals surface area (Å²) >= 11 is 0. The van der Waals surface area contributed by atoms with Crippen molar-refractivity contribution in [2.45, 2.75) is 25.8 Å². The lowest BCUT2D eigenvalue weighted by atomic mass is 10.0. The van der Waals surface area contributed by atoms with Gasteiger partial charge in [0.25, 0.3) is 0 Å². The highest BCUT2D eigenvalue weighted by Gasteiger charge is 2.27. The lowest BCUT2D eigenvalue weighted by Crippen LogP contribution is -2.36. The Balaban J connectivity index is 1.88. The number of nitrogens with one attached hydrogen (secondary N) is 2. The predicted molar refractivity (Wildman–Crippen MR) is 99.3 cm³/mol. The fraction of sp³-hybridized carbons (Fsp3) is 0.300. The topological polar surface area (TPSA) is 61.4 Å². The second kappa shape index (κ2) is 7.99. The van der Waals surface area contributed by atoms with E-state index in [2.05, 4.69) is 10.6 Å². The molecule has 5 nitrogen and oxygen atoms in total. The number of nitrogens with zero attached hydrogens (tertiary/aromatic N) is 1. The number of hydrogen-bond acceptors (Lipinski definition) is 3. The molecule has 1 saturated heterocycles. The van der Waals surface area contributed by atoms with Crippen molar-refractivity contribution >= 4 is 23.2 Å². The van der Waals surface area contributed by atoms with Gasteiger partial charge >= 0.3 is 0 Å². The van der Waals surface area contributed by atoms with Gasteiger partial charge in [-0.15, -0.1) is 0 Å². The SMILES string of the molecule is CC(=O)Nc1cc(NC(C(=O)N2CCCC2)c2ccccc2)ccc1F. The first kappa shape index (κ1) is 17.9. The predicted octanol–water partition coefficient (Wildman–Crippen LogP) is 3.56. The Labute approximate surface area is 152 Å². The van der Waals surface area contributed by atoms with Crippen LogP contribution in [-0.2, 0) is 9.59 Å². The minimum atomic E-state index is -0.565. The number of amides is 2. The normalized spacial score (nSPS) is 14.8. The molecule has 0 aliphatic carbocycles. The number of anilines is 2. The Morgan fingerprint density at radius 2 is 1.77 bits per heavy atom. The van der Waals surface area contributed by atoms with Crippen LogP contribution in [0.3, 0.4) is 0 Å². The summed E-state index contributed by atoms with van der Waals surface area (Å²) in [4.78, 5) is 26.1. The highest BCUT2D eigenvalue weighted by molar-refractivity contribution is 5.90. The molecular weight excluding hydrogens is 333 g/mol. The van der Waals surface area contributed by atoms with Crippen LogP contribution in [0, 0.1) is 5.82 Å². The molecule has 2 aromatic carbocycles. The van der Waals surface area contributed by atoms with Crippen molar-refractivity contribution in [1.82, 2.24) is 4.90 Å². The molecule has 1 aliphatic heterocycles. The van der Waals surface area contributed by atoms with Gasteiger partial charge in [0.1, 0.15) is 11.9 Å². The smallest absolute Gasteiger partial charge is 0.249 e. The second-order valence-corrected chi connectivity index (χ2v) is 6.40. The van der Waals surface area contributed by atoms with Crippen LogP contribution >= 0.6 is 0 Å². The summed E-state index contributed by atoms with van der Waals surface area (Å²) in [7, 11) is 0. The summed E-state index contributed by atoms with van der Waals surface area (Å²) < 4.78 is 13.9. The molecule has 0 spiro atoms. The molecule has 6 heteroatoms. The van der Waals surface area contributed by atoms with Crippen LogP contribution in [-0.4, -0.2) is 29.8 Å². The van der Waals surface area contributed by atoms with Crippen LogP contribution < -0.4 is 10.6 Å². The Kier molecular flexibility index (Phi) is 5.51. The zero-order valence-corrected chi connectivity index (χ0v) is 14.7. The zero-order valence-electron chi connectivity index (χ0n) is 14.7. The number of carbonyl (C=O) groups is 2. The van der Waals surface area contributed by atoms with E-state index in [1.807, 2.05) is 35.2 Å². The van der Waals surface area contributed by atoms with Crippen molar-refractivity contribution in [1.29, 1.82) is 0 Å². The zero-order chi connectivity index (χ0) is 18.5. The van der Waals surface area contributed by atoms with Crippen molar-refractivity contribution in [3.63, 3.8) is 0 Å². The van der Waals surface area contributed by atoms with Crippen molar-refractivity contribution in [3.05, 3.63) is 59.9 Å². The molecule has 1 atom stereocenters. The first-order valence-corrected chi connectivity index (χ1v) is 8.72. The summed E-state index contributed by atoms with van der Waals surface area (Å²) in [6, 6.07) is 13.2. The first-order chi connectivity index (χ1) is 12.5. The van der Waals surface area contributed by atoms with E-state index in [0.717, 1.165) is 31.5 Å². The van der Waals surface area contributed by atoms with Gasteiger partial charge in [-0.05, 0) is 36.6 Å². The molecule has 136 valence electrons. The van der Waals surface area contributed by atoms with Crippen LogP contribution in [0.15, 0.2) is 48.5 Å². The monoisotopic (exact) mass is 355 g/mol. The average Bonchev–Trinajstić information content (AvgIpc) is 3.17. The molecular formula is C20H22FN3O2. The van der Waals surface area contributed by atoms with Crippen LogP contribution in [0.1, 0.15) is 31.4 Å². The van der Waals surface area contributed by atoms with Crippen LogP contribution in [0.25, 0.3) is 0 Å². The maximum Gasteiger partial charge on any atom is 0.249 e. The van der Waals surface area contributed by atoms with Gasteiger partial charge < -0.3 is 15.5 Å². The molecule has 0 radical (unpaired) electrons. The van der Waals surface area contributed by atoms with Gasteiger partial charge in [0.05, 0.1) is 5.69 Å². The number of halogens is 1. The molecule has 2 N–H and O–H groups in total. The van der Waals surface area contributed by atoms with Crippen molar-refractivity contribution in [3.8, 4) is 0 Å². The molecule has 2 amide bonds. The summed E-state index contributed by atoms with van der Waals surface area (Å²) in [5, 5.41) is 5.67. The standard InChI is InChI=1S/C20H22FN3O2/c1-14(25)22-18-13-16(9-10-17(18)21)23-19(15-7-3-2-4-8-15)20(26)24-11-5-6-12-24/h2-4,7-10,13,19,23H,5-6,11-12H2,1H3,(H,22,25). The molecule has 1 unspecified atom stereocenters. The Morgan fingerprint density at radius 1 is 1.08 bits per heavy atom. The summed E-state index contributed by atoms with van der Waals surface area (Å²) in [6.45, 7) is 2.83. The van der Waals surface area contributed by atoms with E-state index in [-0.39, 0.29) is 17.5 Å². The molecule has 0 bridgehead atoms. The number of likely N-dealkylation sites (tertiary alicyclic amines) is 1. The summed E-state index contributed by atoms with van der Waals surface area (Å²) in [5.74, 6) is -0.874. The largest absolute Gasteiger partial charge is 0.370 e. The summed E-state index contributed by atoms with van der Waals surface area (Å²) in [5.41, 5.74) is 1.49. The van der Waals surface area contributed by atoms with Crippen LogP contribution in [0.2, 0.25) is 0 Å². The van der Waals surface area contributed by atoms with Gasteiger partial charge in [0.15, 0.2) is 0 Å². The fourth-order valence-corrected chi connectivity index (χ4v) is 3.12. The maximum atomic E-state index is 13.9. The minimum absolute atomic E-state index is 0.000831. The van der Waals surface area contributed by atoms with Gasteiger partial charge in [-0.2, -0.15) is 0 Å². The van der Waals surface area contributed by atoms with E-state index in [1.54, 1.807) is 6.07 Å². The molecule has 3 rings (SSSR count). The third kappa shape index (κ3) is 4.20. The van der Waals surface area contributed by atoms with E-state index in [0.29, 0.717) is 5.69 Å². The average molecular weight is 355 g/mol. The number of rotatable bonds is 5. The quantitative estimate of drug-likeness (QED) is 0.862.